The van der Waals surface area contributed by atoms with E-state index in [9.17, 15) is 4.79 Å². The Hall–Kier alpha value is 0.350. The average Bonchev–Trinajstić information content (AvgIpc) is 2.78. The number of quaternary nitrogens is 2. The number of nitrogens with zero attached hydrogens (tertiary/aromatic N) is 2. The molecule has 150 valence electrons. The summed E-state index contributed by atoms with van der Waals surface area (Å²) in [6, 6.07) is 0. The summed E-state index contributed by atoms with van der Waals surface area (Å²) < 4.78 is 7.96. The smallest absolute Gasteiger partial charge is 0.303 e. The lowest BCUT2D eigenvalue weighted by molar-refractivity contribution is -0.931. The molecule has 0 aromatic carbocycles. The standard InChI is InChI=1S/C19H38N2O2.2BrH/c1-18(22)23-19(16-20(2)12-8-4-5-9-13-20)17-21(3)14-10-6-7-11-15-21;;/h19H,4-17H2,1-3H3;2*1H/q+2;;/p-2. The number of ether oxygens (including phenoxy) is 1. The number of carbonyl (C=O) groups excluding carboxylic acids is 1. The maximum Gasteiger partial charge on any atom is 0.303 e. The van der Waals surface area contributed by atoms with Crippen LogP contribution in [0.3, 0.4) is 0 Å². The minimum atomic E-state index is -0.113. The van der Waals surface area contributed by atoms with E-state index in [2.05, 4.69) is 14.1 Å². The van der Waals surface area contributed by atoms with Crippen molar-refractivity contribution in [1.29, 1.82) is 0 Å². The first-order valence-corrected chi connectivity index (χ1v) is 9.75. The topological polar surface area (TPSA) is 26.3 Å². The van der Waals surface area contributed by atoms with E-state index < -0.39 is 0 Å². The highest BCUT2D eigenvalue weighted by Gasteiger charge is 2.35. The van der Waals surface area contributed by atoms with Gasteiger partial charge in [0.05, 0.1) is 40.3 Å². The van der Waals surface area contributed by atoms with Crippen molar-refractivity contribution >= 4 is 5.97 Å². The van der Waals surface area contributed by atoms with Crippen LogP contribution in [-0.4, -0.2) is 74.4 Å². The van der Waals surface area contributed by atoms with Crippen molar-refractivity contribution in [3.63, 3.8) is 0 Å². The van der Waals surface area contributed by atoms with E-state index in [1.807, 2.05) is 0 Å². The van der Waals surface area contributed by atoms with Gasteiger partial charge in [-0.25, -0.2) is 0 Å². The van der Waals surface area contributed by atoms with Crippen LogP contribution < -0.4 is 34.0 Å². The second-order valence-corrected chi connectivity index (χ2v) is 8.56. The van der Waals surface area contributed by atoms with E-state index in [0.717, 1.165) is 22.1 Å². The van der Waals surface area contributed by atoms with Gasteiger partial charge in [0.1, 0.15) is 13.1 Å². The first-order valence-electron chi connectivity index (χ1n) is 9.75. The molecular weight excluding hydrogens is 448 g/mol. The third-order valence-electron chi connectivity index (χ3n) is 5.91. The average molecular weight is 486 g/mol. The number of likely N-dealkylation sites (tertiary alicyclic amines) is 2. The van der Waals surface area contributed by atoms with Crippen LogP contribution in [0.25, 0.3) is 0 Å². The van der Waals surface area contributed by atoms with Gasteiger partial charge in [-0.1, -0.05) is 0 Å². The van der Waals surface area contributed by atoms with Crippen LogP contribution in [0, 0.1) is 0 Å². The Balaban J connectivity index is 0.00000288. The third kappa shape index (κ3) is 9.21. The molecule has 0 atom stereocenters. The van der Waals surface area contributed by atoms with Crippen molar-refractivity contribution in [3.8, 4) is 0 Å². The molecule has 0 bridgehead atoms. The van der Waals surface area contributed by atoms with Crippen molar-refractivity contribution in [3.05, 3.63) is 0 Å². The Bertz CT molecular complexity index is 350. The summed E-state index contributed by atoms with van der Waals surface area (Å²) in [5.41, 5.74) is 0. The Morgan fingerprint density at radius 2 is 1.08 bits per heavy atom. The van der Waals surface area contributed by atoms with Gasteiger partial charge in [0.25, 0.3) is 0 Å². The number of esters is 1. The molecule has 2 fully saturated rings. The molecule has 2 aliphatic rings. The third-order valence-corrected chi connectivity index (χ3v) is 5.91. The summed E-state index contributed by atoms with van der Waals surface area (Å²) in [5, 5.41) is 0. The van der Waals surface area contributed by atoms with Gasteiger partial charge in [-0.15, -0.1) is 0 Å². The van der Waals surface area contributed by atoms with Gasteiger partial charge < -0.3 is 47.7 Å². The van der Waals surface area contributed by atoms with Crippen molar-refractivity contribution < 1.29 is 52.5 Å². The Kier molecular flexibility index (Phi) is 12.1. The van der Waals surface area contributed by atoms with E-state index >= 15 is 0 Å². The van der Waals surface area contributed by atoms with Crippen molar-refractivity contribution in [2.75, 3.05) is 53.4 Å². The van der Waals surface area contributed by atoms with Crippen LogP contribution in [0.15, 0.2) is 0 Å². The zero-order chi connectivity index (χ0) is 16.8. The SMILES string of the molecule is CC(=O)OC(C[N+]1(C)CCCCCC1)C[N+]1(C)CCCCCC1.[Br-].[Br-]. The normalized spacial score (nSPS) is 22.7. The highest BCUT2D eigenvalue weighted by Crippen LogP contribution is 2.21. The van der Waals surface area contributed by atoms with Crippen LogP contribution in [0.2, 0.25) is 0 Å². The van der Waals surface area contributed by atoms with Crippen LogP contribution in [0.4, 0.5) is 0 Å². The monoisotopic (exact) mass is 484 g/mol. The highest BCUT2D eigenvalue weighted by molar-refractivity contribution is 5.66. The molecule has 0 unspecified atom stereocenters. The Morgan fingerprint density at radius 1 is 0.760 bits per heavy atom. The molecule has 0 saturated carbocycles. The second kappa shape index (κ2) is 11.9. The molecule has 0 spiro atoms. The lowest BCUT2D eigenvalue weighted by Gasteiger charge is -2.40. The number of halogens is 2. The molecule has 25 heavy (non-hydrogen) atoms. The maximum atomic E-state index is 11.6. The molecule has 0 radical (unpaired) electrons. The van der Waals surface area contributed by atoms with Crippen LogP contribution in [0.1, 0.15) is 58.3 Å². The summed E-state index contributed by atoms with van der Waals surface area (Å²) >= 11 is 0. The van der Waals surface area contributed by atoms with E-state index in [-0.39, 0.29) is 46.0 Å². The molecule has 2 aliphatic heterocycles. The fourth-order valence-corrected chi connectivity index (χ4v) is 4.62. The molecular formula is C19H38Br2N2O2. The molecule has 2 saturated heterocycles. The number of hydrogen-bond acceptors (Lipinski definition) is 2. The Labute approximate surface area is 176 Å². The minimum absolute atomic E-state index is 0. The summed E-state index contributed by atoms with van der Waals surface area (Å²) in [6.07, 6.45) is 10.8. The van der Waals surface area contributed by atoms with Crippen LogP contribution in [0.5, 0.6) is 0 Å². The zero-order valence-corrected chi connectivity index (χ0v) is 19.6. The molecule has 0 aliphatic carbocycles. The van der Waals surface area contributed by atoms with Gasteiger partial charge in [-0.05, 0) is 51.4 Å². The molecule has 4 nitrogen and oxygen atoms in total. The summed E-state index contributed by atoms with van der Waals surface area (Å²) in [5.74, 6) is -0.113. The summed E-state index contributed by atoms with van der Waals surface area (Å²) in [7, 11) is 4.73. The predicted molar refractivity (Wildman–Crippen MR) is 94.1 cm³/mol. The molecule has 0 aromatic rings. The van der Waals surface area contributed by atoms with E-state index in [1.165, 1.54) is 77.5 Å². The predicted octanol–water partition coefficient (Wildman–Crippen LogP) is -3.03. The van der Waals surface area contributed by atoms with E-state index in [4.69, 9.17) is 4.74 Å². The number of likely N-dealkylation sites (N-methyl/N-ethyl adjacent to an activating group) is 2. The fourth-order valence-electron chi connectivity index (χ4n) is 4.62. The largest absolute Gasteiger partial charge is 1.00 e. The van der Waals surface area contributed by atoms with E-state index in [1.54, 1.807) is 6.92 Å². The van der Waals surface area contributed by atoms with Crippen molar-refractivity contribution in [1.82, 2.24) is 0 Å². The van der Waals surface area contributed by atoms with Crippen LogP contribution in [-0.2, 0) is 9.53 Å². The summed E-state index contributed by atoms with van der Waals surface area (Å²) in [4.78, 5) is 11.6. The first kappa shape index (κ1) is 25.4. The second-order valence-electron chi connectivity index (χ2n) is 8.56. The van der Waals surface area contributed by atoms with Gasteiger partial charge in [0.2, 0.25) is 0 Å². The highest BCUT2D eigenvalue weighted by atomic mass is 79.9. The van der Waals surface area contributed by atoms with Crippen molar-refractivity contribution in [2.45, 2.75) is 64.4 Å². The lowest BCUT2D eigenvalue weighted by atomic mass is 10.2. The Morgan fingerprint density at radius 3 is 1.36 bits per heavy atom. The fraction of sp³-hybridized carbons (Fsp3) is 0.947. The van der Waals surface area contributed by atoms with Gasteiger partial charge >= 0.3 is 5.97 Å². The number of hydrogen-bond donors (Lipinski definition) is 0. The number of rotatable bonds is 5. The zero-order valence-electron chi connectivity index (χ0n) is 16.4. The van der Waals surface area contributed by atoms with E-state index in [0.29, 0.717) is 0 Å². The molecule has 6 heteroatoms. The van der Waals surface area contributed by atoms with Crippen molar-refractivity contribution in [2.24, 2.45) is 0 Å². The maximum absolute atomic E-state index is 11.6. The first-order chi connectivity index (χ1) is 10.9. The lowest BCUT2D eigenvalue weighted by Crippen LogP contribution is -3.00. The molecule has 2 heterocycles. The number of carbonyl (C=O) groups is 1. The van der Waals surface area contributed by atoms with Gasteiger partial charge in [-0.3, -0.25) is 4.79 Å². The molecule has 0 N–H and O–H groups in total. The summed E-state index contributed by atoms with van der Waals surface area (Å²) in [6.45, 7) is 8.50. The molecule has 2 rings (SSSR count). The van der Waals surface area contributed by atoms with Gasteiger partial charge in [0, 0.05) is 6.92 Å². The molecule has 0 aromatic heterocycles. The minimum Gasteiger partial charge on any atom is -1.00 e. The van der Waals surface area contributed by atoms with Gasteiger partial charge in [-0.2, -0.15) is 0 Å². The van der Waals surface area contributed by atoms with Gasteiger partial charge in [0.15, 0.2) is 6.10 Å². The quantitative estimate of drug-likeness (QED) is 0.306. The van der Waals surface area contributed by atoms with Crippen LogP contribution >= 0.6 is 0 Å². The molecule has 0 amide bonds.